The molecule has 0 atom stereocenters. The van der Waals surface area contributed by atoms with E-state index in [-0.39, 0.29) is 5.91 Å². The first-order valence-electron chi connectivity index (χ1n) is 6.65. The fourth-order valence-electron chi connectivity index (χ4n) is 2.04. The minimum absolute atomic E-state index is 0.248. The number of aromatic nitrogens is 2. The number of hydrogen-bond donors (Lipinski definition) is 1. The Morgan fingerprint density at radius 1 is 1.18 bits per heavy atom. The Kier molecular flexibility index (Phi) is 4.88. The first kappa shape index (κ1) is 15.7. The largest absolute Gasteiger partial charge is 0.493 e. The van der Waals surface area contributed by atoms with Gasteiger partial charge in [0.15, 0.2) is 11.5 Å². The summed E-state index contributed by atoms with van der Waals surface area (Å²) in [6, 6.07) is 3.21. The molecule has 0 saturated carbocycles. The Morgan fingerprint density at radius 2 is 1.82 bits per heavy atom. The van der Waals surface area contributed by atoms with E-state index in [2.05, 4.69) is 10.3 Å². The van der Waals surface area contributed by atoms with Gasteiger partial charge in [0.25, 0.3) is 5.91 Å². The van der Waals surface area contributed by atoms with E-state index in [1.54, 1.807) is 18.3 Å². The van der Waals surface area contributed by atoms with Gasteiger partial charge in [-0.3, -0.25) is 4.79 Å². The second-order valence-electron chi connectivity index (χ2n) is 4.55. The van der Waals surface area contributed by atoms with Crippen molar-refractivity contribution in [3.63, 3.8) is 0 Å². The van der Waals surface area contributed by atoms with Gasteiger partial charge in [-0.05, 0) is 12.1 Å². The van der Waals surface area contributed by atoms with E-state index in [1.165, 1.54) is 21.3 Å². The van der Waals surface area contributed by atoms with Gasteiger partial charge in [-0.2, -0.15) is 0 Å². The fourth-order valence-corrected chi connectivity index (χ4v) is 2.04. The van der Waals surface area contributed by atoms with Crippen molar-refractivity contribution in [1.29, 1.82) is 0 Å². The highest BCUT2D eigenvalue weighted by atomic mass is 16.5. The number of rotatable bonds is 6. The normalized spacial score (nSPS) is 10.2. The van der Waals surface area contributed by atoms with Crippen LogP contribution in [0.2, 0.25) is 0 Å². The molecule has 1 aromatic heterocycles. The topological polar surface area (TPSA) is 74.6 Å². The maximum atomic E-state index is 12.3. The molecule has 0 radical (unpaired) electrons. The van der Waals surface area contributed by atoms with Crippen LogP contribution in [0.1, 0.15) is 16.2 Å². The monoisotopic (exact) mass is 305 g/mol. The Bertz CT molecular complexity index is 642. The highest BCUT2D eigenvalue weighted by Gasteiger charge is 2.17. The summed E-state index contributed by atoms with van der Waals surface area (Å²) in [7, 11) is 6.40. The van der Waals surface area contributed by atoms with Gasteiger partial charge >= 0.3 is 0 Å². The molecule has 0 unspecified atom stereocenters. The summed E-state index contributed by atoms with van der Waals surface area (Å²) in [5.74, 6) is 1.83. The average Bonchev–Trinajstić information content (AvgIpc) is 2.96. The highest BCUT2D eigenvalue weighted by molar-refractivity contribution is 5.95. The van der Waals surface area contributed by atoms with E-state index < -0.39 is 0 Å². The molecule has 0 bridgehead atoms. The molecule has 1 N–H and O–H groups in total. The number of methoxy groups -OCH3 is 3. The molecule has 2 aromatic rings. The maximum Gasteiger partial charge on any atom is 0.251 e. The van der Waals surface area contributed by atoms with Crippen molar-refractivity contribution in [1.82, 2.24) is 14.9 Å². The summed E-state index contributed by atoms with van der Waals surface area (Å²) in [6.07, 6.45) is 3.50. The number of aryl methyl sites for hydroxylation is 1. The second-order valence-corrected chi connectivity index (χ2v) is 4.55. The fraction of sp³-hybridized carbons (Fsp3) is 0.333. The molecular weight excluding hydrogens is 286 g/mol. The molecule has 7 heteroatoms. The van der Waals surface area contributed by atoms with Crippen molar-refractivity contribution in [3.05, 3.63) is 35.9 Å². The summed E-state index contributed by atoms with van der Waals surface area (Å²) in [6.45, 7) is 0.332. The smallest absolute Gasteiger partial charge is 0.251 e. The molecule has 2 rings (SSSR count). The molecule has 1 heterocycles. The minimum Gasteiger partial charge on any atom is -0.493 e. The number of benzene rings is 1. The van der Waals surface area contributed by atoms with Crippen LogP contribution < -0.4 is 19.5 Å². The number of hydrogen-bond acceptors (Lipinski definition) is 5. The quantitative estimate of drug-likeness (QED) is 0.872. The number of carbonyl (C=O) groups is 1. The molecule has 118 valence electrons. The van der Waals surface area contributed by atoms with Crippen LogP contribution in [0.5, 0.6) is 17.2 Å². The van der Waals surface area contributed by atoms with Crippen LogP contribution in [0.4, 0.5) is 0 Å². The SMILES string of the molecule is COc1cc(C(=O)NCc2nccn2C)cc(OC)c1OC. The first-order valence-corrected chi connectivity index (χ1v) is 6.65. The van der Waals surface area contributed by atoms with Gasteiger partial charge in [0, 0.05) is 25.0 Å². The highest BCUT2D eigenvalue weighted by Crippen LogP contribution is 2.38. The lowest BCUT2D eigenvalue weighted by Crippen LogP contribution is -2.24. The first-order chi connectivity index (χ1) is 10.6. The van der Waals surface area contributed by atoms with Crippen molar-refractivity contribution in [2.75, 3.05) is 21.3 Å². The zero-order valence-corrected chi connectivity index (χ0v) is 13.0. The Hall–Kier alpha value is -2.70. The van der Waals surface area contributed by atoms with E-state index in [4.69, 9.17) is 14.2 Å². The van der Waals surface area contributed by atoms with Crippen molar-refractivity contribution >= 4 is 5.91 Å². The number of nitrogens with one attached hydrogen (secondary N) is 1. The van der Waals surface area contributed by atoms with Gasteiger partial charge in [0.2, 0.25) is 5.75 Å². The second kappa shape index (κ2) is 6.84. The van der Waals surface area contributed by atoms with Crippen LogP contribution in [-0.4, -0.2) is 36.8 Å². The maximum absolute atomic E-state index is 12.3. The zero-order valence-electron chi connectivity index (χ0n) is 13.0. The average molecular weight is 305 g/mol. The standard InChI is InChI=1S/C15H19N3O4/c1-18-6-5-16-13(18)9-17-15(19)10-7-11(20-2)14(22-4)12(8-10)21-3/h5-8H,9H2,1-4H3,(H,17,19). The van der Waals surface area contributed by atoms with E-state index >= 15 is 0 Å². The van der Waals surface area contributed by atoms with Gasteiger partial charge in [0.1, 0.15) is 5.82 Å². The third-order valence-electron chi connectivity index (χ3n) is 3.25. The summed E-state index contributed by atoms with van der Waals surface area (Å²) in [5, 5.41) is 2.81. The van der Waals surface area contributed by atoms with Crippen molar-refractivity contribution < 1.29 is 19.0 Å². The van der Waals surface area contributed by atoms with E-state index in [9.17, 15) is 4.79 Å². The molecule has 0 spiro atoms. The predicted molar refractivity (Wildman–Crippen MR) is 80.5 cm³/mol. The summed E-state index contributed by atoms with van der Waals surface area (Å²) in [5.41, 5.74) is 0.420. The Balaban J connectivity index is 2.20. The molecule has 0 aliphatic heterocycles. The van der Waals surface area contributed by atoms with Crippen LogP contribution >= 0.6 is 0 Å². The third kappa shape index (κ3) is 3.13. The summed E-state index contributed by atoms with van der Waals surface area (Å²) in [4.78, 5) is 16.4. The number of imidazole rings is 1. The molecule has 0 saturated heterocycles. The Morgan fingerprint density at radius 3 is 2.27 bits per heavy atom. The van der Waals surface area contributed by atoms with Crippen LogP contribution in [0.15, 0.2) is 24.5 Å². The van der Waals surface area contributed by atoms with Gasteiger partial charge in [-0.25, -0.2) is 4.98 Å². The van der Waals surface area contributed by atoms with Crippen LogP contribution in [-0.2, 0) is 13.6 Å². The molecule has 7 nitrogen and oxygen atoms in total. The molecule has 1 amide bonds. The molecule has 1 aromatic carbocycles. The van der Waals surface area contributed by atoms with Crippen molar-refractivity contribution in [3.8, 4) is 17.2 Å². The molecule has 0 aliphatic rings. The summed E-state index contributed by atoms with van der Waals surface area (Å²) >= 11 is 0. The minimum atomic E-state index is -0.248. The zero-order chi connectivity index (χ0) is 16.1. The van der Waals surface area contributed by atoms with Crippen molar-refractivity contribution in [2.24, 2.45) is 7.05 Å². The van der Waals surface area contributed by atoms with Gasteiger partial charge in [-0.15, -0.1) is 0 Å². The van der Waals surface area contributed by atoms with Gasteiger partial charge < -0.3 is 24.1 Å². The molecule has 0 aliphatic carbocycles. The van der Waals surface area contributed by atoms with E-state index in [1.807, 2.05) is 17.8 Å². The number of nitrogens with zero attached hydrogens (tertiary/aromatic N) is 2. The van der Waals surface area contributed by atoms with E-state index in [0.29, 0.717) is 29.4 Å². The number of amides is 1. The lowest BCUT2D eigenvalue weighted by atomic mass is 10.1. The number of carbonyl (C=O) groups excluding carboxylic acids is 1. The van der Waals surface area contributed by atoms with Gasteiger partial charge in [-0.1, -0.05) is 0 Å². The third-order valence-corrected chi connectivity index (χ3v) is 3.25. The van der Waals surface area contributed by atoms with Crippen LogP contribution in [0.3, 0.4) is 0 Å². The Labute approximate surface area is 128 Å². The van der Waals surface area contributed by atoms with Crippen LogP contribution in [0, 0.1) is 0 Å². The molecule has 0 fully saturated rings. The number of ether oxygens (including phenoxy) is 3. The van der Waals surface area contributed by atoms with Crippen molar-refractivity contribution in [2.45, 2.75) is 6.54 Å². The summed E-state index contributed by atoms with van der Waals surface area (Å²) < 4.78 is 17.6. The van der Waals surface area contributed by atoms with E-state index in [0.717, 1.165) is 5.82 Å². The molecular formula is C15H19N3O4. The van der Waals surface area contributed by atoms with Gasteiger partial charge in [0.05, 0.1) is 27.9 Å². The predicted octanol–water partition coefficient (Wildman–Crippen LogP) is 1.38. The lowest BCUT2D eigenvalue weighted by molar-refractivity contribution is 0.0948. The van der Waals surface area contributed by atoms with Crippen LogP contribution in [0.25, 0.3) is 0 Å². The lowest BCUT2D eigenvalue weighted by Gasteiger charge is -2.14. The molecule has 22 heavy (non-hydrogen) atoms.